The third-order valence-corrected chi connectivity index (χ3v) is 2.60. The summed E-state index contributed by atoms with van der Waals surface area (Å²) in [6, 6.07) is 0.625. The van der Waals surface area contributed by atoms with Crippen molar-refractivity contribution in [1.82, 2.24) is 10.2 Å². The molecule has 11 heavy (non-hydrogen) atoms. The first-order valence-corrected chi connectivity index (χ1v) is 4.40. The van der Waals surface area contributed by atoms with Crippen LogP contribution in [-0.4, -0.2) is 50.3 Å². The number of rotatable bonds is 0. The molecule has 0 unspecified atom stereocenters. The van der Waals surface area contributed by atoms with Gasteiger partial charge in [0.25, 0.3) is 0 Å². The number of likely N-dealkylation sites (N-methyl/N-ethyl adjacent to an activating group) is 1. The van der Waals surface area contributed by atoms with Crippen molar-refractivity contribution in [1.29, 1.82) is 0 Å². The van der Waals surface area contributed by atoms with Crippen molar-refractivity contribution >= 4 is 0 Å². The summed E-state index contributed by atoms with van der Waals surface area (Å²) in [5.41, 5.74) is 0. The minimum Gasteiger partial charge on any atom is -0.374 e. The highest BCUT2D eigenvalue weighted by molar-refractivity contribution is 4.87. The van der Waals surface area contributed by atoms with Crippen LogP contribution in [0.1, 0.15) is 6.42 Å². The summed E-state index contributed by atoms with van der Waals surface area (Å²) in [7, 11) is 2.16. The third-order valence-electron chi connectivity index (χ3n) is 2.60. The van der Waals surface area contributed by atoms with Gasteiger partial charge in [0, 0.05) is 19.1 Å². The summed E-state index contributed by atoms with van der Waals surface area (Å²) in [6.07, 6.45) is 1.68. The number of fused-ring (bicyclic) bond motifs is 1. The maximum atomic E-state index is 5.65. The zero-order valence-electron chi connectivity index (χ0n) is 7.05. The van der Waals surface area contributed by atoms with E-state index in [1.807, 2.05) is 0 Å². The number of ether oxygens (including phenoxy) is 1. The zero-order valence-corrected chi connectivity index (χ0v) is 7.05. The Morgan fingerprint density at radius 1 is 1.55 bits per heavy atom. The summed E-state index contributed by atoms with van der Waals surface area (Å²) in [4.78, 5) is 2.34. The second-order valence-corrected chi connectivity index (χ2v) is 3.52. The summed E-state index contributed by atoms with van der Waals surface area (Å²) < 4.78 is 5.65. The molecule has 0 spiro atoms. The molecule has 1 N–H and O–H groups in total. The number of likely N-dealkylation sites (tertiary alicyclic amines) is 1. The number of hydrogen-bond acceptors (Lipinski definition) is 3. The molecule has 0 aromatic rings. The van der Waals surface area contributed by atoms with Gasteiger partial charge in [-0.15, -0.1) is 0 Å². The molecule has 2 heterocycles. The molecule has 0 aromatic carbocycles. The minimum absolute atomic E-state index is 0.447. The standard InChI is InChI=1S/C8H16N2O/c1-10-4-2-7-8(6-10)11-5-3-9-7/h7-9H,2-6H2,1H3/t7-,8-/m1/s1. The number of nitrogens with one attached hydrogen (secondary N) is 1. The van der Waals surface area contributed by atoms with Crippen molar-refractivity contribution in [3.05, 3.63) is 0 Å². The summed E-state index contributed by atoms with van der Waals surface area (Å²) in [6.45, 7) is 4.22. The average Bonchev–Trinajstić information content (AvgIpc) is 2.04. The van der Waals surface area contributed by atoms with E-state index in [2.05, 4.69) is 17.3 Å². The van der Waals surface area contributed by atoms with Crippen LogP contribution in [0.5, 0.6) is 0 Å². The van der Waals surface area contributed by atoms with Gasteiger partial charge in [-0.1, -0.05) is 0 Å². The van der Waals surface area contributed by atoms with Crippen LogP contribution < -0.4 is 5.32 Å². The normalized spacial score (nSPS) is 40.1. The highest BCUT2D eigenvalue weighted by atomic mass is 16.5. The van der Waals surface area contributed by atoms with Crippen molar-refractivity contribution in [2.75, 3.05) is 33.3 Å². The molecular weight excluding hydrogens is 140 g/mol. The van der Waals surface area contributed by atoms with Gasteiger partial charge in [-0.3, -0.25) is 0 Å². The molecule has 0 saturated carbocycles. The van der Waals surface area contributed by atoms with Crippen molar-refractivity contribution in [3.63, 3.8) is 0 Å². The summed E-state index contributed by atoms with van der Waals surface area (Å²) >= 11 is 0. The Labute approximate surface area is 67.7 Å². The van der Waals surface area contributed by atoms with E-state index in [-0.39, 0.29) is 0 Å². The second kappa shape index (κ2) is 3.09. The number of morpholine rings is 1. The first-order chi connectivity index (χ1) is 5.36. The maximum absolute atomic E-state index is 5.65. The fraction of sp³-hybridized carbons (Fsp3) is 1.00. The van der Waals surface area contributed by atoms with Gasteiger partial charge in [-0.25, -0.2) is 0 Å². The van der Waals surface area contributed by atoms with Gasteiger partial charge < -0.3 is 15.0 Å². The lowest BCUT2D eigenvalue weighted by Crippen LogP contribution is -2.56. The molecule has 3 nitrogen and oxygen atoms in total. The molecule has 64 valence electrons. The molecule has 0 aromatic heterocycles. The molecular formula is C8H16N2O. The van der Waals surface area contributed by atoms with Gasteiger partial charge in [0.15, 0.2) is 0 Å². The number of piperidine rings is 1. The van der Waals surface area contributed by atoms with E-state index in [0.717, 1.165) is 19.7 Å². The molecule has 0 bridgehead atoms. The lowest BCUT2D eigenvalue weighted by atomic mass is 10.0. The average molecular weight is 156 g/mol. The predicted octanol–water partition coefficient (Wildman–Crippen LogP) is -0.321. The predicted molar refractivity (Wildman–Crippen MR) is 43.6 cm³/mol. The van der Waals surface area contributed by atoms with Crippen molar-refractivity contribution in [2.24, 2.45) is 0 Å². The summed E-state index contributed by atoms with van der Waals surface area (Å²) in [5, 5.41) is 3.49. The van der Waals surface area contributed by atoms with Crippen molar-refractivity contribution in [3.8, 4) is 0 Å². The van der Waals surface area contributed by atoms with Crippen LogP contribution in [-0.2, 0) is 4.74 Å². The second-order valence-electron chi connectivity index (χ2n) is 3.52. The Morgan fingerprint density at radius 3 is 3.36 bits per heavy atom. The van der Waals surface area contributed by atoms with Crippen LogP contribution in [0.4, 0.5) is 0 Å². The summed E-state index contributed by atoms with van der Waals surface area (Å²) in [5.74, 6) is 0. The zero-order chi connectivity index (χ0) is 7.68. The van der Waals surface area contributed by atoms with E-state index in [1.165, 1.54) is 13.0 Å². The Morgan fingerprint density at radius 2 is 2.45 bits per heavy atom. The highest BCUT2D eigenvalue weighted by Crippen LogP contribution is 2.14. The topological polar surface area (TPSA) is 24.5 Å². The van der Waals surface area contributed by atoms with Gasteiger partial charge in [-0.05, 0) is 20.0 Å². The Kier molecular flexibility index (Phi) is 2.11. The molecule has 2 aliphatic heterocycles. The number of nitrogens with zero attached hydrogens (tertiary/aromatic N) is 1. The monoisotopic (exact) mass is 156 g/mol. The van der Waals surface area contributed by atoms with E-state index in [9.17, 15) is 0 Å². The van der Waals surface area contributed by atoms with Gasteiger partial charge in [0.1, 0.15) is 0 Å². The molecule has 2 saturated heterocycles. The van der Waals surface area contributed by atoms with E-state index in [0.29, 0.717) is 12.1 Å². The van der Waals surface area contributed by atoms with E-state index in [1.54, 1.807) is 0 Å². The van der Waals surface area contributed by atoms with Gasteiger partial charge >= 0.3 is 0 Å². The first-order valence-electron chi connectivity index (χ1n) is 4.40. The van der Waals surface area contributed by atoms with Crippen molar-refractivity contribution in [2.45, 2.75) is 18.6 Å². The fourth-order valence-corrected chi connectivity index (χ4v) is 1.93. The molecule has 2 fully saturated rings. The maximum Gasteiger partial charge on any atom is 0.0855 e. The van der Waals surface area contributed by atoms with Crippen LogP contribution in [0.2, 0.25) is 0 Å². The smallest absolute Gasteiger partial charge is 0.0855 e. The molecule has 2 rings (SSSR count). The Balaban J connectivity index is 1.93. The van der Waals surface area contributed by atoms with Crippen LogP contribution in [0.15, 0.2) is 0 Å². The molecule has 0 aliphatic carbocycles. The van der Waals surface area contributed by atoms with Crippen LogP contribution in [0, 0.1) is 0 Å². The van der Waals surface area contributed by atoms with Gasteiger partial charge in [-0.2, -0.15) is 0 Å². The quantitative estimate of drug-likeness (QED) is 0.520. The third kappa shape index (κ3) is 1.55. The van der Waals surface area contributed by atoms with Gasteiger partial charge in [0.05, 0.1) is 12.7 Å². The molecule has 0 amide bonds. The van der Waals surface area contributed by atoms with E-state index < -0.39 is 0 Å². The Hall–Kier alpha value is -0.120. The van der Waals surface area contributed by atoms with Crippen LogP contribution in [0.3, 0.4) is 0 Å². The molecule has 0 radical (unpaired) electrons. The lowest BCUT2D eigenvalue weighted by molar-refractivity contribution is -0.0417. The van der Waals surface area contributed by atoms with Crippen molar-refractivity contribution < 1.29 is 4.74 Å². The van der Waals surface area contributed by atoms with Crippen LogP contribution in [0.25, 0.3) is 0 Å². The highest BCUT2D eigenvalue weighted by Gasteiger charge is 2.30. The Bertz CT molecular complexity index is 140. The lowest BCUT2D eigenvalue weighted by Gasteiger charge is -2.40. The van der Waals surface area contributed by atoms with E-state index >= 15 is 0 Å². The van der Waals surface area contributed by atoms with E-state index in [4.69, 9.17) is 4.74 Å². The minimum atomic E-state index is 0.447. The number of hydrogen-bond donors (Lipinski definition) is 1. The molecule has 3 heteroatoms. The first kappa shape index (κ1) is 7.53. The molecule has 2 atom stereocenters. The largest absolute Gasteiger partial charge is 0.374 e. The van der Waals surface area contributed by atoms with Crippen LogP contribution >= 0.6 is 0 Å². The van der Waals surface area contributed by atoms with Gasteiger partial charge in [0.2, 0.25) is 0 Å². The molecule has 2 aliphatic rings. The SMILES string of the molecule is CN1CC[C@H]2NCCO[C@@H]2C1. The fourth-order valence-electron chi connectivity index (χ4n) is 1.93.